The van der Waals surface area contributed by atoms with Crippen molar-refractivity contribution < 1.29 is 4.74 Å². The summed E-state index contributed by atoms with van der Waals surface area (Å²) in [6.07, 6.45) is 4.17. The second kappa shape index (κ2) is 2.64. The summed E-state index contributed by atoms with van der Waals surface area (Å²) >= 11 is 5.41. The first-order valence-electron chi connectivity index (χ1n) is 2.38. The average molecular weight is 144 g/mol. The molecule has 0 fully saturated rings. The second-order valence-corrected chi connectivity index (χ2v) is 1.85. The van der Waals surface area contributed by atoms with Crippen LogP contribution in [0.4, 0.5) is 0 Å². The fourth-order valence-electron chi connectivity index (χ4n) is 0.482. The Hall–Kier alpha value is -0.830. The molecule has 1 radical (unpaired) electrons. The Balaban J connectivity index is 2.61. The highest BCUT2D eigenvalue weighted by Gasteiger charge is 2.06. The number of nitrogens with zero attached hydrogens (tertiary/aromatic N) is 2. The van der Waals surface area contributed by atoms with Crippen LogP contribution in [0, 0.1) is 0 Å². The number of halogens is 1. The molecule has 0 spiro atoms. The number of ether oxygens (including phenoxy) is 1. The molecule has 47 valence electrons. The monoisotopic (exact) mass is 143 g/mol. The van der Waals surface area contributed by atoms with Gasteiger partial charge in [-0.1, -0.05) is 6.08 Å². The van der Waals surface area contributed by atoms with Gasteiger partial charge in [0.05, 0.1) is 0 Å². The van der Waals surface area contributed by atoms with Crippen LogP contribution in [0.2, 0.25) is 0 Å². The first-order chi connectivity index (χ1) is 4.33. The highest BCUT2D eigenvalue weighted by Crippen LogP contribution is 2.13. The van der Waals surface area contributed by atoms with Crippen molar-refractivity contribution in [3.05, 3.63) is 23.4 Å². The zero-order chi connectivity index (χ0) is 6.69. The molecule has 0 aromatic rings. The first kappa shape index (κ1) is 6.29. The van der Waals surface area contributed by atoms with Gasteiger partial charge in [0.1, 0.15) is 0 Å². The summed E-state index contributed by atoms with van der Waals surface area (Å²) in [7, 11) is 0. The van der Waals surface area contributed by atoms with Gasteiger partial charge in [0.25, 0.3) is 0 Å². The van der Waals surface area contributed by atoms with E-state index in [0.29, 0.717) is 0 Å². The zero-order valence-electron chi connectivity index (χ0n) is 4.49. The quantitative estimate of drug-likeness (QED) is 0.509. The van der Waals surface area contributed by atoms with Crippen LogP contribution in [0.25, 0.3) is 0 Å². The molecule has 0 amide bonds. The van der Waals surface area contributed by atoms with E-state index in [4.69, 9.17) is 21.9 Å². The molecular formula is C5H4ClN2O. The molecule has 0 bridgehead atoms. The summed E-state index contributed by atoms with van der Waals surface area (Å²) in [5.41, 5.74) is 8.17. The first-order valence-corrected chi connectivity index (χ1v) is 2.75. The van der Waals surface area contributed by atoms with Crippen LogP contribution < -0.4 is 5.53 Å². The molecule has 9 heavy (non-hydrogen) atoms. The van der Waals surface area contributed by atoms with E-state index in [-0.39, 0.29) is 5.22 Å². The lowest BCUT2D eigenvalue weighted by molar-refractivity contribution is 0.173. The van der Waals surface area contributed by atoms with Gasteiger partial charge >= 0.3 is 0 Å². The Kier molecular flexibility index (Phi) is 1.85. The third-order valence-electron chi connectivity index (χ3n) is 0.850. The van der Waals surface area contributed by atoms with E-state index in [9.17, 15) is 0 Å². The molecule has 3 nitrogen and oxygen atoms in total. The minimum Gasteiger partial charge on any atom is -0.453 e. The number of rotatable bonds is 1. The van der Waals surface area contributed by atoms with Crippen LogP contribution >= 0.6 is 11.6 Å². The van der Waals surface area contributed by atoms with E-state index in [2.05, 4.69) is 5.11 Å². The molecule has 0 aromatic heterocycles. The van der Waals surface area contributed by atoms with Crippen molar-refractivity contribution in [1.82, 2.24) is 5.53 Å². The average Bonchev–Trinajstić information content (AvgIpc) is 1.88. The topological polar surface area (TPSA) is 43.9 Å². The Morgan fingerprint density at radius 1 is 1.78 bits per heavy atom. The fraction of sp³-hybridized carbons (Fsp3) is 0.200. The molecule has 0 aliphatic carbocycles. The largest absolute Gasteiger partial charge is 0.453 e. The van der Waals surface area contributed by atoms with Gasteiger partial charge in [0.15, 0.2) is 5.22 Å². The summed E-state index contributed by atoms with van der Waals surface area (Å²) in [5.74, 6) is 0. The van der Waals surface area contributed by atoms with E-state index in [1.807, 2.05) is 0 Å². The summed E-state index contributed by atoms with van der Waals surface area (Å²) in [6, 6.07) is 0. The molecule has 0 N–H and O–H groups in total. The third-order valence-corrected chi connectivity index (χ3v) is 1.07. The van der Waals surface area contributed by atoms with Gasteiger partial charge < -0.3 is 4.74 Å². The second-order valence-electron chi connectivity index (χ2n) is 1.48. The molecule has 1 aliphatic heterocycles. The van der Waals surface area contributed by atoms with Crippen molar-refractivity contribution in [3.63, 3.8) is 0 Å². The van der Waals surface area contributed by atoms with Crippen LogP contribution in [0.5, 0.6) is 0 Å². The Bertz CT molecular complexity index is 176. The molecule has 0 saturated heterocycles. The summed E-state index contributed by atoms with van der Waals surface area (Å²) in [4.78, 5) is 0. The van der Waals surface area contributed by atoms with Crippen molar-refractivity contribution in [2.24, 2.45) is 5.11 Å². The SMILES string of the molecule is [N]=NC1C=CC=C(Cl)O1. The van der Waals surface area contributed by atoms with Crippen molar-refractivity contribution in [1.29, 1.82) is 0 Å². The standard InChI is InChI=1S/C5H4ClN2O/c6-4-2-1-3-5(8-7)9-4/h1-3,5H. The van der Waals surface area contributed by atoms with Gasteiger partial charge in [0, 0.05) is 0 Å². The lowest BCUT2D eigenvalue weighted by Gasteiger charge is -2.09. The molecule has 0 saturated carbocycles. The van der Waals surface area contributed by atoms with E-state index >= 15 is 0 Å². The molecule has 1 aliphatic rings. The lowest BCUT2D eigenvalue weighted by atomic mass is 10.4. The van der Waals surface area contributed by atoms with Crippen molar-refractivity contribution in [2.75, 3.05) is 0 Å². The smallest absolute Gasteiger partial charge is 0.231 e. The predicted molar refractivity (Wildman–Crippen MR) is 32.5 cm³/mol. The van der Waals surface area contributed by atoms with Gasteiger partial charge in [-0.25, -0.2) is 0 Å². The van der Waals surface area contributed by atoms with E-state index < -0.39 is 6.23 Å². The molecule has 4 heteroatoms. The van der Waals surface area contributed by atoms with Crippen LogP contribution in [0.1, 0.15) is 0 Å². The van der Waals surface area contributed by atoms with E-state index in [1.165, 1.54) is 0 Å². The minimum absolute atomic E-state index is 0.236. The van der Waals surface area contributed by atoms with Gasteiger partial charge in [-0.2, -0.15) is 0 Å². The van der Waals surface area contributed by atoms with Crippen molar-refractivity contribution in [2.45, 2.75) is 6.23 Å². The highest BCUT2D eigenvalue weighted by atomic mass is 35.5. The van der Waals surface area contributed by atoms with Gasteiger partial charge in [0.2, 0.25) is 6.23 Å². The number of allylic oxidation sites excluding steroid dienone is 2. The molecule has 1 unspecified atom stereocenters. The molecule has 1 atom stereocenters. The maximum Gasteiger partial charge on any atom is 0.231 e. The fourth-order valence-corrected chi connectivity index (χ4v) is 0.646. The molecule has 1 rings (SSSR count). The van der Waals surface area contributed by atoms with Crippen LogP contribution in [0.3, 0.4) is 0 Å². The van der Waals surface area contributed by atoms with Gasteiger partial charge in [-0.3, -0.25) is 0 Å². The van der Waals surface area contributed by atoms with E-state index in [0.717, 1.165) is 0 Å². The summed E-state index contributed by atoms with van der Waals surface area (Å²) < 4.78 is 4.76. The van der Waals surface area contributed by atoms with Crippen molar-refractivity contribution in [3.8, 4) is 0 Å². The predicted octanol–water partition coefficient (Wildman–Crippen LogP) is 1.23. The van der Waals surface area contributed by atoms with Crippen LogP contribution in [-0.4, -0.2) is 6.23 Å². The van der Waals surface area contributed by atoms with Gasteiger partial charge in [-0.05, 0) is 29.3 Å². The normalized spacial score (nSPS) is 24.6. The zero-order valence-corrected chi connectivity index (χ0v) is 5.25. The Labute approximate surface area is 57.5 Å². The number of hydrogen-bond acceptors (Lipinski definition) is 2. The van der Waals surface area contributed by atoms with Crippen LogP contribution in [0.15, 0.2) is 28.6 Å². The summed E-state index contributed by atoms with van der Waals surface area (Å²) in [5, 5.41) is 3.10. The minimum atomic E-state index is -0.637. The summed E-state index contributed by atoms with van der Waals surface area (Å²) in [6.45, 7) is 0. The van der Waals surface area contributed by atoms with Crippen LogP contribution in [-0.2, 0) is 4.74 Å². The highest BCUT2D eigenvalue weighted by molar-refractivity contribution is 6.28. The molecule has 1 heterocycles. The van der Waals surface area contributed by atoms with E-state index in [1.54, 1.807) is 18.2 Å². The number of hydrogen-bond donors (Lipinski definition) is 0. The molecule has 0 aromatic carbocycles. The molecular weight excluding hydrogens is 140 g/mol. The van der Waals surface area contributed by atoms with Gasteiger partial charge in [-0.15, -0.1) is 5.11 Å². The van der Waals surface area contributed by atoms with Crippen molar-refractivity contribution >= 4 is 11.6 Å². The lowest BCUT2D eigenvalue weighted by Crippen LogP contribution is -2.06. The maximum absolute atomic E-state index is 8.17. The maximum atomic E-state index is 8.17. The Morgan fingerprint density at radius 2 is 2.56 bits per heavy atom. The third kappa shape index (κ3) is 1.54. The Morgan fingerprint density at radius 3 is 3.00 bits per heavy atom.